The summed E-state index contributed by atoms with van der Waals surface area (Å²) in [6, 6.07) is 0. The molecule has 1 unspecified atom stereocenters. The molecule has 1 saturated heterocycles. The Bertz CT molecular complexity index is 162. The second-order valence-corrected chi connectivity index (χ2v) is 3.32. The summed E-state index contributed by atoms with van der Waals surface area (Å²) in [7, 11) is 1.57. The lowest BCUT2D eigenvalue weighted by Crippen LogP contribution is -2.48. The molecule has 1 atom stereocenters. The Labute approximate surface area is 73.5 Å². The summed E-state index contributed by atoms with van der Waals surface area (Å²) in [6.45, 7) is 3.25. The maximum absolute atomic E-state index is 11.6. The monoisotopic (exact) mass is 171 g/mol. The van der Waals surface area contributed by atoms with Crippen molar-refractivity contribution in [3.05, 3.63) is 0 Å². The lowest BCUT2D eigenvalue weighted by Gasteiger charge is -2.25. The first kappa shape index (κ1) is 9.68. The van der Waals surface area contributed by atoms with E-state index in [2.05, 4.69) is 5.32 Å². The van der Waals surface area contributed by atoms with Crippen LogP contribution in [-0.2, 0) is 9.53 Å². The predicted octanol–water partition coefficient (Wildman–Crippen LogP) is 0.734. The molecule has 70 valence electrons. The molecule has 0 saturated carbocycles. The molecule has 1 rings (SSSR count). The fraction of sp³-hybridized carbons (Fsp3) is 0.889. The van der Waals surface area contributed by atoms with Crippen molar-refractivity contribution in [2.24, 2.45) is 0 Å². The van der Waals surface area contributed by atoms with E-state index in [0.717, 1.165) is 25.8 Å². The summed E-state index contributed by atoms with van der Waals surface area (Å²) < 4.78 is 4.85. The fourth-order valence-electron chi connectivity index (χ4n) is 1.81. The first-order valence-electron chi connectivity index (χ1n) is 4.52. The van der Waals surface area contributed by atoms with Gasteiger partial charge in [0.25, 0.3) is 0 Å². The second kappa shape index (κ2) is 4.01. The van der Waals surface area contributed by atoms with Crippen LogP contribution in [0.15, 0.2) is 0 Å². The summed E-state index contributed by atoms with van der Waals surface area (Å²) >= 11 is 0. The molecule has 1 N–H and O–H groups in total. The Morgan fingerprint density at radius 1 is 1.67 bits per heavy atom. The Balaban J connectivity index is 2.59. The minimum absolute atomic E-state index is 0.199. The van der Waals surface area contributed by atoms with E-state index in [1.165, 1.54) is 0 Å². The van der Waals surface area contributed by atoms with E-state index >= 15 is 0 Å². The van der Waals surface area contributed by atoms with Gasteiger partial charge in [-0.2, -0.15) is 0 Å². The molecule has 3 nitrogen and oxygen atoms in total. The zero-order valence-electron chi connectivity index (χ0n) is 7.85. The van der Waals surface area contributed by atoms with Gasteiger partial charge in [-0.3, -0.25) is 4.79 Å². The van der Waals surface area contributed by atoms with Gasteiger partial charge in [0.1, 0.15) is 6.61 Å². The molecule has 3 heteroatoms. The molecule has 1 aliphatic heterocycles. The zero-order chi connectivity index (χ0) is 9.03. The first-order chi connectivity index (χ1) is 5.75. The maximum Gasteiger partial charge on any atom is 0.178 e. The van der Waals surface area contributed by atoms with Crippen molar-refractivity contribution in [1.29, 1.82) is 0 Å². The van der Waals surface area contributed by atoms with E-state index in [1.54, 1.807) is 7.11 Å². The summed E-state index contributed by atoms with van der Waals surface area (Å²) in [6.07, 6.45) is 2.93. The van der Waals surface area contributed by atoms with Crippen LogP contribution in [0.5, 0.6) is 0 Å². The quantitative estimate of drug-likeness (QED) is 0.677. The van der Waals surface area contributed by atoms with Gasteiger partial charge in [0.2, 0.25) is 0 Å². The van der Waals surface area contributed by atoms with Crippen LogP contribution >= 0.6 is 0 Å². The Hall–Kier alpha value is -0.410. The molecule has 0 amide bonds. The molecule has 1 fully saturated rings. The van der Waals surface area contributed by atoms with Gasteiger partial charge < -0.3 is 10.1 Å². The summed E-state index contributed by atoms with van der Waals surface area (Å²) in [5, 5.41) is 3.27. The van der Waals surface area contributed by atoms with Gasteiger partial charge in [0, 0.05) is 7.11 Å². The van der Waals surface area contributed by atoms with Crippen molar-refractivity contribution in [2.75, 3.05) is 20.3 Å². The summed E-state index contributed by atoms with van der Waals surface area (Å²) in [5.74, 6) is 0.199. The van der Waals surface area contributed by atoms with Crippen LogP contribution in [0.2, 0.25) is 0 Å². The molecule has 0 bridgehead atoms. The number of hydrogen-bond acceptors (Lipinski definition) is 3. The van der Waals surface area contributed by atoms with E-state index in [0.29, 0.717) is 0 Å². The average Bonchev–Trinajstić information content (AvgIpc) is 2.54. The number of nitrogens with one attached hydrogen (secondary N) is 1. The predicted molar refractivity (Wildman–Crippen MR) is 47.1 cm³/mol. The zero-order valence-corrected chi connectivity index (χ0v) is 7.85. The van der Waals surface area contributed by atoms with E-state index < -0.39 is 0 Å². The van der Waals surface area contributed by atoms with Crippen molar-refractivity contribution >= 4 is 5.78 Å². The Morgan fingerprint density at radius 3 is 2.83 bits per heavy atom. The van der Waals surface area contributed by atoms with Crippen LogP contribution in [0.3, 0.4) is 0 Å². The average molecular weight is 171 g/mol. The number of ketones is 1. The number of methoxy groups -OCH3 is 1. The van der Waals surface area contributed by atoms with Crippen molar-refractivity contribution in [3.8, 4) is 0 Å². The van der Waals surface area contributed by atoms with Crippen LogP contribution in [0, 0.1) is 0 Å². The Morgan fingerprint density at radius 2 is 2.42 bits per heavy atom. The molecule has 0 radical (unpaired) electrons. The molecule has 0 spiro atoms. The number of ether oxygens (including phenoxy) is 1. The highest BCUT2D eigenvalue weighted by atomic mass is 16.5. The number of carbonyl (C=O) groups excluding carboxylic acids is 1. The first-order valence-corrected chi connectivity index (χ1v) is 4.52. The van der Waals surface area contributed by atoms with E-state index in [9.17, 15) is 4.79 Å². The highest BCUT2D eigenvalue weighted by Gasteiger charge is 2.38. The van der Waals surface area contributed by atoms with Gasteiger partial charge in [0.05, 0.1) is 5.54 Å². The van der Waals surface area contributed by atoms with Crippen molar-refractivity contribution < 1.29 is 9.53 Å². The number of carbonyl (C=O) groups is 1. The van der Waals surface area contributed by atoms with Gasteiger partial charge in [-0.25, -0.2) is 0 Å². The van der Waals surface area contributed by atoms with Crippen LogP contribution in [0.4, 0.5) is 0 Å². The molecular formula is C9H17NO2. The molecular weight excluding hydrogens is 154 g/mol. The van der Waals surface area contributed by atoms with Gasteiger partial charge >= 0.3 is 0 Å². The topological polar surface area (TPSA) is 38.3 Å². The molecule has 1 heterocycles. The highest BCUT2D eigenvalue weighted by molar-refractivity contribution is 5.89. The number of rotatable bonds is 4. The standard InChI is InChI=1S/C9H17NO2/c1-3-9(5-4-6-10-9)8(11)7-12-2/h10H,3-7H2,1-2H3. The third-order valence-corrected chi connectivity index (χ3v) is 2.66. The third-order valence-electron chi connectivity index (χ3n) is 2.66. The summed E-state index contributed by atoms with van der Waals surface area (Å²) in [4.78, 5) is 11.6. The molecule has 0 aromatic rings. The van der Waals surface area contributed by atoms with Crippen molar-refractivity contribution in [1.82, 2.24) is 5.32 Å². The van der Waals surface area contributed by atoms with E-state index in [4.69, 9.17) is 4.74 Å². The number of Topliss-reactive ketones (excluding diaryl/α,β-unsaturated/α-hetero) is 1. The lowest BCUT2D eigenvalue weighted by atomic mass is 9.89. The van der Waals surface area contributed by atoms with E-state index in [-0.39, 0.29) is 17.9 Å². The minimum atomic E-state index is -0.268. The van der Waals surface area contributed by atoms with E-state index in [1.807, 2.05) is 6.92 Å². The molecule has 0 aromatic carbocycles. The maximum atomic E-state index is 11.6. The van der Waals surface area contributed by atoms with Crippen molar-refractivity contribution in [2.45, 2.75) is 31.7 Å². The second-order valence-electron chi connectivity index (χ2n) is 3.32. The Kier molecular flexibility index (Phi) is 3.23. The van der Waals surface area contributed by atoms with Crippen molar-refractivity contribution in [3.63, 3.8) is 0 Å². The van der Waals surface area contributed by atoms with Gasteiger partial charge in [-0.05, 0) is 25.8 Å². The third kappa shape index (κ3) is 1.67. The molecule has 12 heavy (non-hydrogen) atoms. The normalized spacial score (nSPS) is 29.2. The minimum Gasteiger partial charge on any atom is -0.377 e. The largest absolute Gasteiger partial charge is 0.377 e. The van der Waals surface area contributed by atoms with Crippen LogP contribution < -0.4 is 5.32 Å². The van der Waals surface area contributed by atoms with Crippen LogP contribution in [0.25, 0.3) is 0 Å². The SMILES string of the molecule is CCC1(C(=O)COC)CCCN1. The number of hydrogen-bond donors (Lipinski definition) is 1. The van der Waals surface area contributed by atoms with Gasteiger partial charge in [-0.1, -0.05) is 6.92 Å². The van der Waals surface area contributed by atoms with Gasteiger partial charge in [0.15, 0.2) is 5.78 Å². The smallest absolute Gasteiger partial charge is 0.178 e. The summed E-state index contributed by atoms with van der Waals surface area (Å²) in [5.41, 5.74) is -0.268. The fourth-order valence-corrected chi connectivity index (χ4v) is 1.81. The lowest BCUT2D eigenvalue weighted by molar-refractivity contribution is -0.128. The van der Waals surface area contributed by atoms with Crippen LogP contribution in [0.1, 0.15) is 26.2 Å². The van der Waals surface area contributed by atoms with Gasteiger partial charge in [-0.15, -0.1) is 0 Å². The molecule has 0 aromatic heterocycles. The van der Waals surface area contributed by atoms with Crippen LogP contribution in [-0.4, -0.2) is 31.6 Å². The molecule has 0 aliphatic carbocycles. The highest BCUT2D eigenvalue weighted by Crippen LogP contribution is 2.23. The molecule has 1 aliphatic rings.